The minimum Gasteiger partial charge on any atom is -0.340 e. The SMILES string of the molecule is CCc1nc(C)c(CC(=O)N2CCCC(N3CCCC3=O)C2)c(=O)[nH]1. The minimum atomic E-state index is -0.221. The van der Waals surface area contributed by atoms with Gasteiger partial charge in [0.25, 0.3) is 5.56 Å². The van der Waals surface area contributed by atoms with E-state index in [0.29, 0.717) is 43.0 Å². The number of piperidine rings is 1. The number of aromatic amines is 1. The van der Waals surface area contributed by atoms with Crippen molar-refractivity contribution in [3.05, 3.63) is 27.4 Å². The molecule has 2 aliphatic heterocycles. The first-order valence-corrected chi connectivity index (χ1v) is 9.15. The lowest BCUT2D eigenvalue weighted by molar-refractivity contribution is -0.137. The predicted molar refractivity (Wildman–Crippen MR) is 93.2 cm³/mol. The van der Waals surface area contributed by atoms with Gasteiger partial charge in [-0.2, -0.15) is 0 Å². The lowest BCUT2D eigenvalue weighted by atomic mass is 10.0. The second-order valence-corrected chi connectivity index (χ2v) is 6.93. The molecule has 0 bridgehead atoms. The number of amides is 2. The molecule has 3 rings (SSSR count). The van der Waals surface area contributed by atoms with Crippen LogP contribution in [-0.4, -0.2) is 57.3 Å². The van der Waals surface area contributed by atoms with Crippen LogP contribution in [0.1, 0.15) is 49.7 Å². The summed E-state index contributed by atoms with van der Waals surface area (Å²) in [4.78, 5) is 47.7. The summed E-state index contributed by atoms with van der Waals surface area (Å²) in [6.45, 7) is 5.76. The average molecular weight is 346 g/mol. The number of aryl methyl sites for hydroxylation is 2. The maximum atomic E-state index is 12.7. The third-order valence-corrected chi connectivity index (χ3v) is 5.23. The van der Waals surface area contributed by atoms with Crippen molar-refractivity contribution < 1.29 is 9.59 Å². The normalized spacial score (nSPS) is 21.0. The van der Waals surface area contributed by atoms with Gasteiger partial charge in [-0.1, -0.05) is 6.92 Å². The number of nitrogens with one attached hydrogen (secondary N) is 1. The van der Waals surface area contributed by atoms with Crippen LogP contribution in [0.2, 0.25) is 0 Å². The molecule has 1 atom stereocenters. The number of H-pyrrole nitrogens is 1. The summed E-state index contributed by atoms with van der Waals surface area (Å²) in [6, 6.07) is 0.118. The van der Waals surface area contributed by atoms with E-state index >= 15 is 0 Å². The van der Waals surface area contributed by atoms with Gasteiger partial charge in [0.15, 0.2) is 0 Å². The Balaban J connectivity index is 1.69. The zero-order chi connectivity index (χ0) is 18.0. The highest BCUT2D eigenvalue weighted by atomic mass is 16.2. The molecule has 0 saturated carbocycles. The van der Waals surface area contributed by atoms with Crippen LogP contribution in [0.15, 0.2) is 4.79 Å². The number of hydrogen-bond donors (Lipinski definition) is 1. The van der Waals surface area contributed by atoms with Crippen LogP contribution in [0.3, 0.4) is 0 Å². The number of likely N-dealkylation sites (tertiary alicyclic amines) is 2. The van der Waals surface area contributed by atoms with Crippen LogP contribution in [-0.2, 0) is 22.4 Å². The maximum absolute atomic E-state index is 12.7. The highest BCUT2D eigenvalue weighted by molar-refractivity contribution is 5.80. The summed E-state index contributed by atoms with van der Waals surface area (Å²) in [6.07, 6.45) is 4.09. The van der Waals surface area contributed by atoms with Crippen molar-refractivity contribution in [3.63, 3.8) is 0 Å². The van der Waals surface area contributed by atoms with Crippen LogP contribution in [0.5, 0.6) is 0 Å². The standard InChI is InChI=1S/C18H26N4O3/c1-3-15-19-12(2)14(18(25)20-15)10-17(24)21-8-4-6-13(11-21)22-9-5-7-16(22)23/h13H,3-11H2,1-2H3,(H,19,20,25). The summed E-state index contributed by atoms with van der Waals surface area (Å²) in [5.41, 5.74) is 0.847. The Labute approximate surface area is 147 Å². The van der Waals surface area contributed by atoms with Gasteiger partial charge in [-0.3, -0.25) is 14.4 Å². The highest BCUT2D eigenvalue weighted by Crippen LogP contribution is 2.22. The monoisotopic (exact) mass is 346 g/mol. The van der Waals surface area contributed by atoms with E-state index < -0.39 is 0 Å². The second kappa shape index (κ2) is 7.37. The van der Waals surface area contributed by atoms with E-state index in [9.17, 15) is 14.4 Å². The molecule has 25 heavy (non-hydrogen) atoms. The summed E-state index contributed by atoms with van der Waals surface area (Å²) < 4.78 is 0. The molecule has 7 nitrogen and oxygen atoms in total. The van der Waals surface area contributed by atoms with Crippen molar-refractivity contribution in [1.29, 1.82) is 0 Å². The van der Waals surface area contributed by atoms with Gasteiger partial charge in [0.1, 0.15) is 5.82 Å². The van der Waals surface area contributed by atoms with Crippen LogP contribution >= 0.6 is 0 Å². The Morgan fingerprint density at radius 3 is 2.72 bits per heavy atom. The Kier molecular flexibility index (Phi) is 5.20. The third kappa shape index (κ3) is 3.75. The molecule has 1 aromatic heterocycles. The van der Waals surface area contributed by atoms with Crippen molar-refractivity contribution in [2.24, 2.45) is 0 Å². The Morgan fingerprint density at radius 2 is 2.08 bits per heavy atom. The van der Waals surface area contributed by atoms with Crippen molar-refractivity contribution in [1.82, 2.24) is 19.8 Å². The highest BCUT2D eigenvalue weighted by Gasteiger charge is 2.33. The van der Waals surface area contributed by atoms with E-state index in [0.717, 1.165) is 25.8 Å². The van der Waals surface area contributed by atoms with Gasteiger partial charge < -0.3 is 14.8 Å². The zero-order valence-electron chi connectivity index (χ0n) is 15.0. The number of carbonyl (C=O) groups excluding carboxylic acids is 2. The van der Waals surface area contributed by atoms with E-state index in [-0.39, 0.29) is 29.8 Å². The summed E-state index contributed by atoms with van der Waals surface area (Å²) in [7, 11) is 0. The molecule has 3 heterocycles. The van der Waals surface area contributed by atoms with E-state index in [1.807, 2.05) is 11.8 Å². The van der Waals surface area contributed by atoms with Gasteiger partial charge in [0, 0.05) is 49.8 Å². The molecular weight excluding hydrogens is 320 g/mol. The van der Waals surface area contributed by atoms with Crippen molar-refractivity contribution in [3.8, 4) is 0 Å². The maximum Gasteiger partial charge on any atom is 0.254 e. The summed E-state index contributed by atoms with van der Waals surface area (Å²) in [5, 5.41) is 0. The van der Waals surface area contributed by atoms with E-state index in [2.05, 4.69) is 9.97 Å². The predicted octanol–water partition coefficient (Wildman–Crippen LogP) is 0.797. The summed E-state index contributed by atoms with van der Waals surface area (Å²) in [5.74, 6) is 0.784. The fourth-order valence-electron chi connectivity index (χ4n) is 3.80. The van der Waals surface area contributed by atoms with Gasteiger partial charge in [0.2, 0.25) is 11.8 Å². The van der Waals surface area contributed by atoms with Crippen LogP contribution in [0.4, 0.5) is 0 Å². The molecule has 1 unspecified atom stereocenters. The van der Waals surface area contributed by atoms with Crippen molar-refractivity contribution >= 4 is 11.8 Å². The molecule has 2 amide bonds. The number of carbonyl (C=O) groups is 2. The summed E-state index contributed by atoms with van der Waals surface area (Å²) >= 11 is 0. The number of hydrogen-bond acceptors (Lipinski definition) is 4. The topological polar surface area (TPSA) is 86.4 Å². The number of aromatic nitrogens is 2. The van der Waals surface area contributed by atoms with Crippen molar-refractivity contribution in [2.45, 2.75) is 58.4 Å². The van der Waals surface area contributed by atoms with Gasteiger partial charge in [-0.25, -0.2) is 4.98 Å². The molecule has 1 N–H and O–H groups in total. The first-order valence-electron chi connectivity index (χ1n) is 9.15. The minimum absolute atomic E-state index is 0.0593. The number of nitrogens with zero attached hydrogens (tertiary/aromatic N) is 3. The van der Waals surface area contributed by atoms with Gasteiger partial charge >= 0.3 is 0 Å². The smallest absolute Gasteiger partial charge is 0.254 e. The Bertz CT molecular complexity index is 728. The molecule has 7 heteroatoms. The second-order valence-electron chi connectivity index (χ2n) is 6.93. The van der Waals surface area contributed by atoms with E-state index in [1.54, 1.807) is 11.8 Å². The first kappa shape index (κ1) is 17.6. The van der Waals surface area contributed by atoms with E-state index in [4.69, 9.17) is 0 Å². The quantitative estimate of drug-likeness (QED) is 0.873. The molecule has 0 aliphatic carbocycles. The molecular formula is C18H26N4O3. The molecule has 0 spiro atoms. The molecule has 0 aromatic carbocycles. The lowest BCUT2D eigenvalue weighted by Crippen LogP contribution is -2.50. The molecule has 0 radical (unpaired) electrons. The molecule has 136 valence electrons. The molecule has 2 fully saturated rings. The lowest BCUT2D eigenvalue weighted by Gasteiger charge is -2.37. The molecule has 1 aromatic rings. The van der Waals surface area contributed by atoms with Crippen LogP contribution in [0, 0.1) is 6.92 Å². The van der Waals surface area contributed by atoms with Gasteiger partial charge in [-0.05, 0) is 26.2 Å². The largest absolute Gasteiger partial charge is 0.340 e. The van der Waals surface area contributed by atoms with Crippen LogP contribution < -0.4 is 5.56 Å². The zero-order valence-corrected chi connectivity index (χ0v) is 15.0. The Hall–Kier alpha value is -2.18. The average Bonchev–Trinajstić information content (AvgIpc) is 3.03. The fourth-order valence-corrected chi connectivity index (χ4v) is 3.80. The molecule has 2 aliphatic rings. The third-order valence-electron chi connectivity index (χ3n) is 5.23. The van der Waals surface area contributed by atoms with Crippen molar-refractivity contribution in [2.75, 3.05) is 19.6 Å². The molecule has 2 saturated heterocycles. The first-order chi connectivity index (χ1) is 12.0. The van der Waals surface area contributed by atoms with Crippen LogP contribution in [0.25, 0.3) is 0 Å². The van der Waals surface area contributed by atoms with Gasteiger partial charge in [-0.15, -0.1) is 0 Å². The fraction of sp³-hybridized carbons (Fsp3) is 0.667. The van der Waals surface area contributed by atoms with E-state index in [1.165, 1.54) is 0 Å². The number of rotatable bonds is 4. The Morgan fingerprint density at radius 1 is 1.28 bits per heavy atom. The van der Waals surface area contributed by atoms with Gasteiger partial charge in [0.05, 0.1) is 6.42 Å².